The third-order valence-electron chi connectivity index (χ3n) is 2.22. The number of rotatable bonds is 6. The van der Waals surface area contributed by atoms with Crippen LogP contribution < -0.4 is 15.4 Å². The normalized spacial score (nSPS) is 10.3. The molecule has 1 aromatic rings. The highest BCUT2D eigenvalue weighted by Crippen LogP contribution is 2.23. The summed E-state index contributed by atoms with van der Waals surface area (Å²) in [6.07, 6.45) is 1.05. The van der Waals surface area contributed by atoms with Gasteiger partial charge in [-0.05, 0) is 12.1 Å². The smallest absolute Gasteiger partial charge is 0.322 e. The summed E-state index contributed by atoms with van der Waals surface area (Å²) in [5, 5.41) is 22.2. The number of carboxylic acid groups (broad SMARTS) is 1. The van der Waals surface area contributed by atoms with E-state index < -0.39 is 11.9 Å². The maximum atomic E-state index is 11.8. The average Bonchev–Trinajstić information content (AvgIpc) is 2.43. The van der Waals surface area contributed by atoms with Gasteiger partial charge >= 0.3 is 5.97 Å². The van der Waals surface area contributed by atoms with Crippen LogP contribution in [-0.2, 0) is 9.59 Å². The highest BCUT2D eigenvalue weighted by atomic mass is 16.5. The quantitative estimate of drug-likeness (QED) is 0.521. The molecule has 3 N–H and O–H groups in total. The molecule has 7 heteroatoms. The monoisotopic (exact) mass is 275 g/mol. The number of nitriles is 1. The van der Waals surface area contributed by atoms with E-state index in [9.17, 15) is 9.59 Å². The van der Waals surface area contributed by atoms with E-state index in [2.05, 4.69) is 10.6 Å². The average molecular weight is 275 g/mol. The van der Waals surface area contributed by atoms with Crippen LogP contribution in [0.5, 0.6) is 5.75 Å². The molecule has 0 saturated carbocycles. The second-order valence-electron chi connectivity index (χ2n) is 3.60. The summed E-state index contributed by atoms with van der Waals surface area (Å²) in [5.41, 5.74) is 0.177. The number of carbonyl (C=O) groups is 2. The van der Waals surface area contributed by atoms with Gasteiger partial charge in [-0.1, -0.05) is 12.1 Å². The summed E-state index contributed by atoms with van der Waals surface area (Å²) in [4.78, 5) is 22.2. The van der Waals surface area contributed by atoms with Gasteiger partial charge in [-0.15, -0.1) is 0 Å². The first kappa shape index (κ1) is 15.0. The summed E-state index contributed by atoms with van der Waals surface area (Å²) in [5.74, 6) is -1.30. The summed E-state index contributed by atoms with van der Waals surface area (Å²) in [6, 6.07) is 8.41. The molecule has 1 rings (SSSR count). The molecule has 7 nitrogen and oxygen atoms in total. The van der Waals surface area contributed by atoms with E-state index in [0.717, 1.165) is 6.20 Å². The van der Waals surface area contributed by atoms with Gasteiger partial charge in [0.05, 0.1) is 12.8 Å². The number of nitrogens with zero attached hydrogens (tertiary/aromatic N) is 1. The van der Waals surface area contributed by atoms with Crippen molar-refractivity contribution in [3.63, 3.8) is 0 Å². The van der Waals surface area contributed by atoms with E-state index in [0.29, 0.717) is 11.4 Å². The number of amides is 1. The van der Waals surface area contributed by atoms with Crippen molar-refractivity contribution in [1.29, 1.82) is 5.26 Å². The van der Waals surface area contributed by atoms with E-state index in [4.69, 9.17) is 15.1 Å². The van der Waals surface area contributed by atoms with E-state index in [1.54, 1.807) is 30.3 Å². The predicted octanol–water partition coefficient (Wildman–Crippen LogP) is 0.715. The summed E-state index contributed by atoms with van der Waals surface area (Å²) in [7, 11) is 1.46. The lowest BCUT2D eigenvalue weighted by Crippen LogP contribution is -2.21. The van der Waals surface area contributed by atoms with Crippen molar-refractivity contribution in [3.8, 4) is 11.8 Å². The lowest BCUT2D eigenvalue weighted by molar-refractivity contribution is -0.135. The Hall–Kier alpha value is -3.01. The molecule has 0 radical (unpaired) electrons. The Labute approximate surface area is 115 Å². The third-order valence-corrected chi connectivity index (χ3v) is 2.22. The van der Waals surface area contributed by atoms with Crippen LogP contribution in [0.4, 0.5) is 5.69 Å². The molecule has 0 aliphatic heterocycles. The molecular formula is C13H13N3O4. The molecule has 0 aliphatic rings. The van der Waals surface area contributed by atoms with Crippen molar-refractivity contribution in [2.24, 2.45) is 0 Å². The summed E-state index contributed by atoms with van der Waals surface area (Å²) >= 11 is 0. The highest BCUT2D eigenvalue weighted by Gasteiger charge is 2.11. The minimum absolute atomic E-state index is 0.239. The van der Waals surface area contributed by atoms with Gasteiger partial charge in [-0.25, -0.2) is 0 Å². The lowest BCUT2D eigenvalue weighted by Gasteiger charge is -2.09. The van der Waals surface area contributed by atoms with Crippen LogP contribution in [0.25, 0.3) is 0 Å². The fourth-order valence-corrected chi connectivity index (χ4v) is 1.33. The molecule has 1 aromatic carbocycles. The zero-order valence-electron chi connectivity index (χ0n) is 10.7. The van der Waals surface area contributed by atoms with Crippen molar-refractivity contribution >= 4 is 17.6 Å². The number of hydrogen-bond acceptors (Lipinski definition) is 5. The van der Waals surface area contributed by atoms with Crippen LogP contribution in [0.3, 0.4) is 0 Å². The van der Waals surface area contributed by atoms with Gasteiger partial charge in [0.1, 0.15) is 23.9 Å². The Morgan fingerprint density at radius 2 is 2.15 bits per heavy atom. The van der Waals surface area contributed by atoms with Crippen LogP contribution in [0.1, 0.15) is 0 Å². The van der Waals surface area contributed by atoms with Gasteiger partial charge in [-0.3, -0.25) is 9.59 Å². The van der Waals surface area contributed by atoms with Crippen LogP contribution in [0.15, 0.2) is 36.0 Å². The molecule has 20 heavy (non-hydrogen) atoms. The number of benzene rings is 1. The molecular weight excluding hydrogens is 262 g/mol. The molecule has 0 aromatic heterocycles. The minimum Gasteiger partial charge on any atom is -0.495 e. The number of carboxylic acids is 1. The number of anilines is 1. The fourth-order valence-electron chi connectivity index (χ4n) is 1.33. The lowest BCUT2D eigenvalue weighted by atomic mass is 10.2. The number of hydrogen-bond donors (Lipinski definition) is 3. The number of para-hydroxylation sites is 2. The largest absolute Gasteiger partial charge is 0.495 e. The van der Waals surface area contributed by atoms with Crippen molar-refractivity contribution < 1.29 is 19.4 Å². The topological polar surface area (TPSA) is 111 Å². The van der Waals surface area contributed by atoms with Crippen LogP contribution in [0.2, 0.25) is 0 Å². The molecule has 0 fully saturated rings. The molecule has 0 bridgehead atoms. The van der Waals surface area contributed by atoms with Gasteiger partial charge in [0.2, 0.25) is 0 Å². The summed E-state index contributed by atoms with van der Waals surface area (Å²) < 4.78 is 5.06. The van der Waals surface area contributed by atoms with E-state index in [-0.39, 0.29) is 12.1 Å². The Balaban J connectivity index is 2.78. The van der Waals surface area contributed by atoms with Gasteiger partial charge in [0.25, 0.3) is 5.91 Å². The highest BCUT2D eigenvalue weighted by molar-refractivity contribution is 6.07. The number of carbonyl (C=O) groups excluding carboxylic acids is 1. The van der Waals surface area contributed by atoms with Crippen molar-refractivity contribution in [3.05, 3.63) is 36.0 Å². The van der Waals surface area contributed by atoms with Crippen LogP contribution >= 0.6 is 0 Å². The molecule has 1 amide bonds. The first-order chi connectivity index (χ1) is 9.58. The maximum Gasteiger partial charge on any atom is 0.322 e. The molecule has 0 unspecified atom stereocenters. The predicted molar refractivity (Wildman–Crippen MR) is 71.0 cm³/mol. The van der Waals surface area contributed by atoms with Crippen LogP contribution in [-0.4, -0.2) is 30.6 Å². The van der Waals surface area contributed by atoms with Gasteiger partial charge in [-0.2, -0.15) is 5.26 Å². The first-order valence-electron chi connectivity index (χ1n) is 5.58. The summed E-state index contributed by atoms with van der Waals surface area (Å²) in [6.45, 7) is -0.382. The third kappa shape index (κ3) is 4.34. The Kier molecular flexibility index (Phi) is 5.59. The molecule has 0 aliphatic carbocycles. The van der Waals surface area contributed by atoms with E-state index >= 15 is 0 Å². The van der Waals surface area contributed by atoms with Crippen LogP contribution in [0, 0.1) is 11.3 Å². The molecule has 0 saturated heterocycles. The molecule has 0 heterocycles. The maximum absolute atomic E-state index is 11.8. The van der Waals surface area contributed by atoms with E-state index in [1.807, 2.05) is 0 Å². The van der Waals surface area contributed by atoms with Crippen molar-refractivity contribution in [2.75, 3.05) is 19.0 Å². The zero-order valence-corrected chi connectivity index (χ0v) is 10.7. The molecule has 0 spiro atoms. The molecule has 104 valence electrons. The van der Waals surface area contributed by atoms with E-state index in [1.165, 1.54) is 7.11 Å². The number of aliphatic carboxylic acids is 1. The standard InChI is InChI=1S/C13H13N3O4/c1-20-11-5-3-2-4-10(11)16-13(19)9(6-14)7-15-8-12(17)18/h2-5,7,15H,8H2,1H3,(H,16,19)(H,17,18)/b9-7-. The second-order valence-corrected chi connectivity index (χ2v) is 3.60. The van der Waals surface area contributed by atoms with Gasteiger partial charge in [0.15, 0.2) is 0 Å². The minimum atomic E-state index is -1.09. The first-order valence-corrected chi connectivity index (χ1v) is 5.58. The number of nitrogens with one attached hydrogen (secondary N) is 2. The fraction of sp³-hybridized carbons (Fsp3) is 0.154. The Morgan fingerprint density at radius 1 is 1.45 bits per heavy atom. The zero-order chi connectivity index (χ0) is 15.0. The SMILES string of the molecule is COc1ccccc1NC(=O)/C(C#N)=C\NCC(=O)O. The van der Waals surface area contributed by atoms with Crippen molar-refractivity contribution in [2.45, 2.75) is 0 Å². The Morgan fingerprint density at radius 3 is 2.75 bits per heavy atom. The second kappa shape index (κ2) is 7.43. The molecule has 0 atom stereocenters. The number of methoxy groups -OCH3 is 1. The van der Waals surface area contributed by atoms with Gasteiger partial charge < -0.3 is 20.5 Å². The van der Waals surface area contributed by atoms with Gasteiger partial charge in [0, 0.05) is 6.20 Å². The number of ether oxygens (including phenoxy) is 1. The Bertz CT molecular complexity index is 575. The van der Waals surface area contributed by atoms with Crippen molar-refractivity contribution in [1.82, 2.24) is 5.32 Å².